The van der Waals surface area contributed by atoms with Gasteiger partial charge in [-0.15, -0.1) is 0 Å². The van der Waals surface area contributed by atoms with Crippen LogP contribution in [-0.2, 0) is 0 Å². The smallest absolute Gasteiger partial charge is 0.196 e. The van der Waals surface area contributed by atoms with E-state index >= 15 is 0 Å². The lowest BCUT2D eigenvalue weighted by Crippen LogP contribution is -2.30. The van der Waals surface area contributed by atoms with E-state index in [4.69, 9.17) is 4.42 Å². The van der Waals surface area contributed by atoms with E-state index in [1.807, 2.05) is 6.07 Å². The molecular formula is C14H19NO2. The van der Waals surface area contributed by atoms with E-state index in [2.05, 4.69) is 31.7 Å². The minimum atomic E-state index is 0.253. The average molecular weight is 233 g/mol. The zero-order chi connectivity index (χ0) is 12.5. The van der Waals surface area contributed by atoms with Gasteiger partial charge in [0.05, 0.1) is 0 Å². The van der Waals surface area contributed by atoms with Crippen LogP contribution in [0.1, 0.15) is 37.7 Å². The summed E-state index contributed by atoms with van der Waals surface area (Å²) in [6.07, 6.45) is 4.07. The van der Waals surface area contributed by atoms with Gasteiger partial charge in [0.1, 0.15) is 0 Å². The zero-order valence-corrected chi connectivity index (χ0v) is 10.7. The first-order chi connectivity index (χ1) is 8.00. The molecule has 92 valence electrons. The van der Waals surface area contributed by atoms with E-state index in [1.54, 1.807) is 6.07 Å². The number of anilines is 1. The summed E-state index contributed by atoms with van der Waals surface area (Å²) in [6.45, 7) is 8.54. The number of rotatable bonds is 2. The molecule has 0 saturated carbocycles. The SMILES string of the molecule is CC(C)(C)C1=CCN(c2ccc(C=O)o2)CC1. The minimum absolute atomic E-state index is 0.253. The monoisotopic (exact) mass is 233 g/mol. The first kappa shape index (κ1) is 12.0. The van der Waals surface area contributed by atoms with E-state index < -0.39 is 0 Å². The molecule has 0 amide bonds. The first-order valence-corrected chi connectivity index (χ1v) is 6.00. The molecule has 1 aliphatic heterocycles. The van der Waals surface area contributed by atoms with Crippen molar-refractivity contribution in [3.05, 3.63) is 29.5 Å². The fourth-order valence-electron chi connectivity index (χ4n) is 2.13. The van der Waals surface area contributed by atoms with Crippen LogP contribution in [0.2, 0.25) is 0 Å². The van der Waals surface area contributed by atoms with Gasteiger partial charge in [0, 0.05) is 19.2 Å². The first-order valence-electron chi connectivity index (χ1n) is 6.00. The highest BCUT2D eigenvalue weighted by Crippen LogP contribution is 2.31. The Morgan fingerprint density at radius 2 is 2.12 bits per heavy atom. The summed E-state index contributed by atoms with van der Waals surface area (Å²) in [5, 5.41) is 0. The molecule has 0 unspecified atom stereocenters. The van der Waals surface area contributed by atoms with Crippen LogP contribution >= 0.6 is 0 Å². The van der Waals surface area contributed by atoms with E-state index in [9.17, 15) is 4.79 Å². The Labute approximate surface area is 102 Å². The van der Waals surface area contributed by atoms with Gasteiger partial charge in [0.15, 0.2) is 17.9 Å². The van der Waals surface area contributed by atoms with Crippen LogP contribution in [0.5, 0.6) is 0 Å². The number of furan rings is 1. The van der Waals surface area contributed by atoms with Crippen LogP contribution in [0.15, 0.2) is 28.2 Å². The van der Waals surface area contributed by atoms with E-state index in [0.717, 1.165) is 31.7 Å². The molecule has 3 heteroatoms. The average Bonchev–Trinajstić information content (AvgIpc) is 2.76. The summed E-state index contributed by atoms with van der Waals surface area (Å²) >= 11 is 0. The maximum Gasteiger partial charge on any atom is 0.196 e. The summed E-state index contributed by atoms with van der Waals surface area (Å²) in [7, 11) is 0. The van der Waals surface area contributed by atoms with Crippen LogP contribution in [-0.4, -0.2) is 19.4 Å². The lowest BCUT2D eigenvalue weighted by molar-refractivity contribution is 0.110. The Morgan fingerprint density at radius 3 is 2.59 bits per heavy atom. The molecule has 0 radical (unpaired) electrons. The third kappa shape index (κ3) is 2.60. The summed E-state index contributed by atoms with van der Waals surface area (Å²) in [6, 6.07) is 3.57. The van der Waals surface area contributed by atoms with Crippen molar-refractivity contribution in [1.29, 1.82) is 0 Å². The molecule has 0 bridgehead atoms. The zero-order valence-electron chi connectivity index (χ0n) is 10.7. The topological polar surface area (TPSA) is 33.5 Å². The van der Waals surface area contributed by atoms with Crippen LogP contribution in [0.25, 0.3) is 0 Å². The van der Waals surface area contributed by atoms with Crippen molar-refractivity contribution in [3.63, 3.8) is 0 Å². The molecule has 3 nitrogen and oxygen atoms in total. The van der Waals surface area contributed by atoms with Gasteiger partial charge >= 0.3 is 0 Å². The molecule has 0 aromatic carbocycles. The second-order valence-electron chi connectivity index (χ2n) is 5.47. The van der Waals surface area contributed by atoms with Gasteiger partial charge in [-0.3, -0.25) is 4.79 Å². The number of carbonyl (C=O) groups excluding carboxylic acids is 1. The molecule has 2 heterocycles. The highest BCUT2D eigenvalue weighted by molar-refractivity contribution is 5.71. The van der Waals surface area contributed by atoms with Crippen molar-refractivity contribution < 1.29 is 9.21 Å². The van der Waals surface area contributed by atoms with Gasteiger partial charge in [-0.05, 0) is 17.9 Å². The molecule has 0 N–H and O–H groups in total. The molecule has 0 aliphatic carbocycles. The van der Waals surface area contributed by atoms with Gasteiger partial charge in [-0.2, -0.15) is 0 Å². The predicted octanol–water partition coefficient (Wildman–Crippen LogP) is 3.27. The Bertz CT molecular complexity index is 437. The lowest BCUT2D eigenvalue weighted by atomic mass is 9.83. The highest BCUT2D eigenvalue weighted by Gasteiger charge is 2.22. The normalized spacial score (nSPS) is 16.9. The molecule has 2 rings (SSSR count). The Balaban J connectivity index is 2.08. The van der Waals surface area contributed by atoms with Gasteiger partial charge < -0.3 is 9.32 Å². The number of carbonyl (C=O) groups is 1. The van der Waals surface area contributed by atoms with Crippen molar-refractivity contribution in [2.24, 2.45) is 5.41 Å². The predicted molar refractivity (Wildman–Crippen MR) is 68.5 cm³/mol. The molecule has 17 heavy (non-hydrogen) atoms. The molecule has 1 aromatic rings. The Kier molecular flexibility index (Phi) is 3.09. The summed E-state index contributed by atoms with van der Waals surface area (Å²) in [4.78, 5) is 12.7. The molecule has 0 spiro atoms. The number of hydrogen-bond acceptors (Lipinski definition) is 3. The van der Waals surface area contributed by atoms with Crippen molar-refractivity contribution in [2.45, 2.75) is 27.2 Å². The van der Waals surface area contributed by atoms with Crippen molar-refractivity contribution in [1.82, 2.24) is 0 Å². The maximum absolute atomic E-state index is 10.6. The van der Waals surface area contributed by atoms with Crippen LogP contribution in [0.4, 0.5) is 5.88 Å². The summed E-state index contributed by atoms with van der Waals surface area (Å²) in [5.74, 6) is 1.18. The third-order valence-corrected chi connectivity index (χ3v) is 3.21. The second kappa shape index (κ2) is 4.40. The lowest BCUT2D eigenvalue weighted by Gasteiger charge is -2.31. The minimum Gasteiger partial charge on any atom is -0.438 e. The molecule has 0 fully saturated rings. The molecule has 0 saturated heterocycles. The maximum atomic E-state index is 10.6. The van der Waals surface area contributed by atoms with E-state index in [-0.39, 0.29) is 5.41 Å². The number of hydrogen-bond donors (Lipinski definition) is 0. The standard InChI is InChI=1S/C14H19NO2/c1-14(2,3)11-6-8-15(9-7-11)13-5-4-12(10-16)17-13/h4-6,10H,7-9H2,1-3H3. The van der Waals surface area contributed by atoms with Gasteiger partial charge in [-0.1, -0.05) is 32.4 Å². The quantitative estimate of drug-likeness (QED) is 0.580. The summed E-state index contributed by atoms with van der Waals surface area (Å²) in [5.41, 5.74) is 1.75. The second-order valence-corrected chi connectivity index (χ2v) is 5.47. The highest BCUT2D eigenvalue weighted by atomic mass is 16.4. The van der Waals surface area contributed by atoms with Gasteiger partial charge in [0.25, 0.3) is 0 Å². The van der Waals surface area contributed by atoms with E-state index in [1.165, 1.54) is 5.57 Å². The largest absolute Gasteiger partial charge is 0.438 e. The van der Waals surface area contributed by atoms with Crippen molar-refractivity contribution in [2.75, 3.05) is 18.0 Å². The fraction of sp³-hybridized carbons (Fsp3) is 0.500. The molecule has 1 aliphatic rings. The van der Waals surface area contributed by atoms with Crippen LogP contribution in [0.3, 0.4) is 0 Å². The van der Waals surface area contributed by atoms with Crippen LogP contribution in [0, 0.1) is 5.41 Å². The molecule has 1 aromatic heterocycles. The third-order valence-electron chi connectivity index (χ3n) is 3.21. The fourth-order valence-corrected chi connectivity index (χ4v) is 2.13. The Hall–Kier alpha value is -1.51. The number of aldehydes is 1. The Morgan fingerprint density at radius 1 is 1.35 bits per heavy atom. The number of nitrogens with zero attached hydrogens (tertiary/aromatic N) is 1. The summed E-state index contributed by atoms with van der Waals surface area (Å²) < 4.78 is 5.42. The van der Waals surface area contributed by atoms with Crippen LogP contribution < -0.4 is 4.90 Å². The van der Waals surface area contributed by atoms with Gasteiger partial charge in [0.2, 0.25) is 0 Å². The van der Waals surface area contributed by atoms with Crippen molar-refractivity contribution >= 4 is 12.2 Å². The van der Waals surface area contributed by atoms with Crippen molar-refractivity contribution in [3.8, 4) is 0 Å². The molecule has 0 atom stereocenters. The van der Waals surface area contributed by atoms with Gasteiger partial charge in [-0.25, -0.2) is 0 Å². The van der Waals surface area contributed by atoms with E-state index in [0.29, 0.717) is 5.76 Å². The molecular weight excluding hydrogens is 214 g/mol.